The molecule has 5 aliphatic rings. The smallest absolute Gasteiger partial charge is 0.333 e. The zero-order valence-electron chi connectivity index (χ0n) is 31.2. The van der Waals surface area contributed by atoms with Crippen molar-refractivity contribution in [1.82, 2.24) is 0 Å². The number of hydrogen-bond donors (Lipinski definition) is 4. The largest absolute Gasteiger partial charge is 0.454 e. The summed E-state index contributed by atoms with van der Waals surface area (Å²) in [7, 11) is 0. The number of rotatable bonds is 6. The van der Waals surface area contributed by atoms with Crippen molar-refractivity contribution >= 4 is 18.2 Å². The maximum absolute atomic E-state index is 13.5. The summed E-state index contributed by atoms with van der Waals surface area (Å²) in [4.78, 5) is 39.4. The zero-order chi connectivity index (χ0) is 36.7. The van der Waals surface area contributed by atoms with E-state index in [9.17, 15) is 34.8 Å². The molecule has 0 aromatic heterocycles. The van der Waals surface area contributed by atoms with Crippen molar-refractivity contribution in [2.75, 3.05) is 6.61 Å². The monoisotopic (exact) mass is 684 g/mol. The molecule has 0 bridgehead atoms. The van der Waals surface area contributed by atoms with Crippen LogP contribution in [0.2, 0.25) is 0 Å². The number of carbonyl (C=O) groups excluding carboxylic acids is 3. The summed E-state index contributed by atoms with van der Waals surface area (Å²) in [5, 5.41) is 47.7. The molecule has 5 rings (SSSR count). The van der Waals surface area contributed by atoms with Crippen molar-refractivity contribution in [3.63, 3.8) is 0 Å². The lowest BCUT2D eigenvalue weighted by atomic mass is 9.32. The molecule has 9 heteroatoms. The molecule has 49 heavy (non-hydrogen) atoms. The summed E-state index contributed by atoms with van der Waals surface area (Å²) in [6.45, 7) is 18.4. The molecule has 4 N–H and O–H groups in total. The van der Waals surface area contributed by atoms with E-state index < -0.39 is 82.1 Å². The molecule has 0 aromatic rings. The predicted molar refractivity (Wildman–Crippen MR) is 185 cm³/mol. The Morgan fingerprint density at radius 2 is 1.43 bits per heavy atom. The predicted octanol–water partition coefficient (Wildman–Crippen LogP) is 5.24. The molecule has 9 nitrogen and oxygen atoms in total. The van der Waals surface area contributed by atoms with Crippen LogP contribution in [0.3, 0.4) is 0 Å². The van der Waals surface area contributed by atoms with Gasteiger partial charge in [-0.25, -0.2) is 9.59 Å². The van der Waals surface area contributed by atoms with E-state index in [1.807, 2.05) is 27.7 Å². The number of hydrogen-bond acceptors (Lipinski definition) is 9. The number of fused-ring (bicyclic) bond motifs is 7. The SMILES string of the molecule is CC=C(C)C(=O)OC1C(OC(=O)C(C)=CC)C2(CO)C(CC1(C)C)C1=CCC3C4(C)CCC(O)C(C)(C=O)C4CCC3(C)C1(C)C(O)C2O. The summed E-state index contributed by atoms with van der Waals surface area (Å²) in [6, 6.07) is 0. The van der Waals surface area contributed by atoms with E-state index in [-0.39, 0.29) is 17.3 Å². The van der Waals surface area contributed by atoms with Gasteiger partial charge in [-0.3, -0.25) is 0 Å². The van der Waals surface area contributed by atoms with Crippen LogP contribution < -0.4 is 0 Å². The van der Waals surface area contributed by atoms with Gasteiger partial charge in [-0.15, -0.1) is 0 Å². The van der Waals surface area contributed by atoms with E-state index in [4.69, 9.17) is 9.47 Å². The Labute approximate surface area is 292 Å². The van der Waals surface area contributed by atoms with Crippen LogP contribution in [-0.4, -0.2) is 75.8 Å². The molecular weight excluding hydrogens is 624 g/mol. The molecule has 0 radical (unpaired) electrons. The lowest BCUT2D eigenvalue weighted by Gasteiger charge is -2.73. The molecule has 0 spiro atoms. The molecule has 4 fully saturated rings. The van der Waals surface area contributed by atoms with E-state index in [1.54, 1.807) is 39.8 Å². The Bertz CT molecular complexity index is 1460. The van der Waals surface area contributed by atoms with Crippen LogP contribution in [-0.2, 0) is 23.9 Å². The van der Waals surface area contributed by atoms with Gasteiger partial charge in [0.1, 0.15) is 12.4 Å². The fourth-order valence-corrected chi connectivity index (χ4v) is 11.8. The maximum atomic E-state index is 13.5. The molecule has 13 unspecified atom stereocenters. The summed E-state index contributed by atoms with van der Waals surface area (Å²) in [5.41, 5.74) is -3.33. The number of ether oxygens (including phenoxy) is 2. The van der Waals surface area contributed by atoms with Crippen molar-refractivity contribution in [3.05, 3.63) is 34.9 Å². The Morgan fingerprint density at radius 1 is 0.857 bits per heavy atom. The fourth-order valence-electron chi connectivity index (χ4n) is 11.8. The fraction of sp³-hybridized carbons (Fsp3) is 0.775. The first-order valence-corrected chi connectivity index (χ1v) is 18.2. The Kier molecular flexibility index (Phi) is 9.61. The molecule has 0 amide bonds. The Balaban J connectivity index is 1.69. The van der Waals surface area contributed by atoms with Gasteiger partial charge in [0, 0.05) is 22.0 Å². The molecule has 274 valence electrons. The van der Waals surface area contributed by atoms with Gasteiger partial charge in [0.2, 0.25) is 0 Å². The first-order chi connectivity index (χ1) is 22.7. The lowest BCUT2D eigenvalue weighted by molar-refractivity contribution is -0.291. The van der Waals surface area contributed by atoms with Gasteiger partial charge in [-0.05, 0) is 94.8 Å². The summed E-state index contributed by atoms with van der Waals surface area (Å²) >= 11 is 0. The molecule has 4 saturated carbocycles. The van der Waals surface area contributed by atoms with Gasteiger partial charge in [0.25, 0.3) is 0 Å². The van der Waals surface area contributed by atoms with Crippen LogP contribution in [0.15, 0.2) is 34.9 Å². The highest BCUT2D eigenvalue weighted by molar-refractivity contribution is 5.88. The Hall–Kier alpha value is -2.33. The first kappa shape index (κ1) is 37.9. The number of esters is 2. The first-order valence-electron chi connectivity index (χ1n) is 18.2. The number of carbonyl (C=O) groups is 3. The zero-order valence-corrected chi connectivity index (χ0v) is 31.2. The second kappa shape index (κ2) is 12.4. The molecule has 0 saturated heterocycles. The van der Waals surface area contributed by atoms with Crippen molar-refractivity contribution < 1.29 is 44.3 Å². The van der Waals surface area contributed by atoms with Crippen LogP contribution in [0.1, 0.15) is 108 Å². The third-order valence-electron chi connectivity index (χ3n) is 15.4. The highest BCUT2D eigenvalue weighted by Gasteiger charge is 2.76. The van der Waals surface area contributed by atoms with E-state index in [0.717, 1.165) is 18.3 Å². The highest BCUT2D eigenvalue weighted by Crippen LogP contribution is 2.75. The molecule has 0 heterocycles. The van der Waals surface area contributed by atoms with Crippen molar-refractivity contribution in [1.29, 1.82) is 0 Å². The van der Waals surface area contributed by atoms with E-state index in [0.29, 0.717) is 43.3 Å². The third-order valence-corrected chi connectivity index (χ3v) is 15.4. The number of aliphatic hydroxyl groups is 4. The van der Waals surface area contributed by atoms with Crippen LogP contribution in [0, 0.1) is 50.2 Å². The third kappa shape index (κ3) is 4.95. The van der Waals surface area contributed by atoms with Crippen LogP contribution in [0.4, 0.5) is 0 Å². The standard InChI is InChI=1S/C40H60O9/c1-11-22(3)33(46)48-31-32(49-34(47)23(4)12-2)40(21-42)25(19-35(31,5)6)24-13-14-27-36(7)17-16-28(43)37(8,20-41)26(36)15-18-38(27,9)39(24,10)29(44)30(40)45/h11-13,20,25-32,42-45H,14-19,21H2,1-10H3. The maximum Gasteiger partial charge on any atom is 0.333 e. The summed E-state index contributed by atoms with van der Waals surface area (Å²) in [5.74, 6) is -1.74. The van der Waals surface area contributed by atoms with Gasteiger partial charge in [0.15, 0.2) is 6.10 Å². The molecule has 0 aromatic carbocycles. The quantitative estimate of drug-likeness (QED) is 0.128. The average Bonchev–Trinajstić information content (AvgIpc) is 3.06. The number of allylic oxidation sites excluding steroid dienone is 3. The van der Waals surface area contributed by atoms with E-state index in [2.05, 4.69) is 19.9 Å². The van der Waals surface area contributed by atoms with Gasteiger partial charge < -0.3 is 34.7 Å². The van der Waals surface area contributed by atoms with Gasteiger partial charge in [0.05, 0.1) is 35.7 Å². The molecule has 5 aliphatic carbocycles. The normalized spacial score (nSPS) is 47.8. The van der Waals surface area contributed by atoms with Crippen molar-refractivity contribution in [3.8, 4) is 0 Å². The van der Waals surface area contributed by atoms with Crippen molar-refractivity contribution in [2.24, 2.45) is 50.2 Å². The minimum atomic E-state index is -1.58. The van der Waals surface area contributed by atoms with Gasteiger partial charge >= 0.3 is 11.9 Å². The molecular formula is C40H60O9. The Morgan fingerprint density at radius 3 is 1.96 bits per heavy atom. The van der Waals surface area contributed by atoms with Gasteiger partial charge in [-0.2, -0.15) is 0 Å². The second-order valence-electron chi connectivity index (χ2n) is 17.7. The lowest BCUT2D eigenvalue weighted by Crippen LogP contribution is -2.76. The second-order valence-corrected chi connectivity index (χ2v) is 17.7. The molecule has 0 aliphatic heterocycles. The highest BCUT2D eigenvalue weighted by atomic mass is 16.6. The van der Waals surface area contributed by atoms with Crippen LogP contribution in [0.25, 0.3) is 0 Å². The average molecular weight is 685 g/mol. The van der Waals surface area contributed by atoms with E-state index in [1.165, 1.54) is 0 Å². The number of aldehydes is 1. The summed E-state index contributed by atoms with van der Waals surface area (Å²) < 4.78 is 12.4. The van der Waals surface area contributed by atoms with Crippen molar-refractivity contribution in [2.45, 2.75) is 138 Å². The van der Waals surface area contributed by atoms with Crippen LogP contribution in [0.5, 0.6) is 0 Å². The topological polar surface area (TPSA) is 151 Å². The summed E-state index contributed by atoms with van der Waals surface area (Å²) in [6.07, 6.45) is 4.19. The van der Waals surface area contributed by atoms with Crippen LogP contribution >= 0.6 is 0 Å². The minimum absolute atomic E-state index is 0.0385. The van der Waals surface area contributed by atoms with Gasteiger partial charge in [-0.1, -0.05) is 65.3 Å². The minimum Gasteiger partial charge on any atom is -0.454 e. The van der Waals surface area contributed by atoms with E-state index >= 15 is 0 Å². The number of aliphatic hydroxyl groups excluding tert-OH is 4. The molecule has 13 atom stereocenters.